The molecule has 0 saturated heterocycles. The lowest BCUT2D eigenvalue weighted by Crippen LogP contribution is -2.01. The van der Waals surface area contributed by atoms with Gasteiger partial charge in [-0.1, -0.05) is 17.7 Å². The highest BCUT2D eigenvalue weighted by Crippen LogP contribution is 2.24. The van der Waals surface area contributed by atoms with Crippen LogP contribution in [-0.4, -0.2) is 0 Å². The first kappa shape index (κ1) is 10.6. The molecule has 0 amide bonds. The number of aryl methyl sites for hydroxylation is 1. The zero-order valence-corrected chi connectivity index (χ0v) is 9.09. The van der Waals surface area contributed by atoms with E-state index in [2.05, 4.69) is 19.9 Å². The molecule has 0 spiro atoms. The highest BCUT2D eigenvalue weighted by Gasteiger charge is 2.04. The molecule has 0 atom stereocenters. The molecule has 0 fully saturated rings. The van der Waals surface area contributed by atoms with Crippen molar-refractivity contribution < 1.29 is 0 Å². The number of hydrogen-bond donors (Lipinski definition) is 2. The molecule has 1 aromatic carbocycles. The van der Waals surface area contributed by atoms with Crippen molar-refractivity contribution in [1.82, 2.24) is 0 Å². The summed E-state index contributed by atoms with van der Waals surface area (Å²) in [6.07, 6.45) is 2.96. The maximum absolute atomic E-state index is 5.96. The highest BCUT2D eigenvalue weighted by molar-refractivity contribution is 5.65. The molecule has 14 heavy (non-hydrogen) atoms. The van der Waals surface area contributed by atoms with Crippen LogP contribution in [0, 0.1) is 6.92 Å². The third-order valence-corrected chi connectivity index (χ3v) is 2.33. The maximum Gasteiger partial charge on any atom is 0.0400 e. The Balaban J connectivity index is 3.07. The molecule has 0 radical (unpaired) electrons. The van der Waals surface area contributed by atoms with E-state index in [1.807, 2.05) is 19.1 Å². The van der Waals surface area contributed by atoms with Crippen LogP contribution in [0.1, 0.15) is 25.0 Å². The van der Waals surface area contributed by atoms with Crippen LogP contribution in [0.15, 0.2) is 23.8 Å². The summed E-state index contributed by atoms with van der Waals surface area (Å²) < 4.78 is 0. The molecule has 0 aliphatic carbocycles. The van der Waals surface area contributed by atoms with Gasteiger partial charge in [0.1, 0.15) is 0 Å². The third-order valence-electron chi connectivity index (χ3n) is 2.33. The van der Waals surface area contributed by atoms with Crippen LogP contribution in [-0.2, 0) is 6.42 Å². The Bertz CT molecular complexity index is 361. The van der Waals surface area contributed by atoms with E-state index in [0.717, 1.165) is 28.9 Å². The molecule has 0 unspecified atom stereocenters. The second-order valence-electron chi connectivity index (χ2n) is 3.85. The average Bonchev–Trinajstić information content (AvgIpc) is 2.11. The molecule has 0 aromatic heterocycles. The van der Waals surface area contributed by atoms with Gasteiger partial charge in [-0.3, -0.25) is 0 Å². The number of nitrogen functional groups attached to an aromatic ring is 2. The summed E-state index contributed by atoms with van der Waals surface area (Å²) in [7, 11) is 0. The van der Waals surface area contributed by atoms with E-state index in [4.69, 9.17) is 11.5 Å². The van der Waals surface area contributed by atoms with Gasteiger partial charge in [-0.2, -0.15) is 0 Å². The summed E-state index contributed by atoms with van der Waals surface area (Å²) in [6.45, 7) is 6.14. The Hall–Kier alpha value is -1.44. The lowest BCUT2D eigenvalue weighted by Gasteiger charge is -2.09. The minimum absolute atomic E-state index is 0.783. The van der Waals surface area contributed by atoms with Gasteiger partial charge in [-0.15, -0.1) is 0 Å². The lowest BCUT2D eigenvalue weighted by molar-refractivity contribution is 1.21. The van der Waals surface area contributed by atoms with Gasteiger partial charge in [0, 0.05) is 16.9 Å². The highest BCUT2D eigenvalue weighted by atomic mass is 14.6. The Morgan fingerprint density at radius 3 is 2.50 bits per heavy atom. The monoisotopic (exact) mass is 190 g/mol. The Kier molecular flexibility index (Phi) is 3.18. The van der Waals surface area contributed by atoms with Crippen LogP contribution in [0.25, 0.3) is 0 Å². The second-order valence-corrected chi connectivity index (χ2v) is 3.85. The van der Waals surface area contributed by atoms with Crippen molar-refractivity contribution in [2.75, 3.05) is 11.5 Å². The van der Waals surface area contributed by atoms with Gasteiger partial charge in [-0.25, -0.2) is 0 Å². The molecule has 0 aliphatic rings. The van der Waals surface area contributed by atoms with Crippen molar-refractivity contribution in [3.05, 3.63) is 34.9 Å². The van der Waals surface area contributed by atoms with E-state index in [1.54, 1.807) is 0 Å². The number of hydrogen-bond acceptors (Lipinski definition) is 2. The van der Waals surface area contributed by atoms with Crippen molar-refractivity contribution in [3.63, 3.8) is 0 Å². The first-order chi connectivity index (χ1) is 6.52. The Labute approximate surface area is 85.6 Å². The summed E-state index contributed by atoms with van der Waals surface area (Å²) in [5.41, 5.74) is 16.9. The molecule has 0 saturated carbocycles. The summed E-state index contributed by atoms with van der Waals surface area (Å²) >= 11 is 0. The molecule has 4 N–H and O–H groups in total. The topological polar surface area (TPSA) is 52.0 Å². The predicted octanol–water partition coefficient (Wildman–Crippen LogP) is 2.67. The predicted molar refractivity (Wildman–Crippen MR) is 63.1 cm³/mol. The van der Waals surface area contributed by atoms with Crippen LogP contribution < -0.4 is 11.5 Å². The second kappa shape index (κ2) is 4.18. The number of nitrogens with two attached hydrogens (primary N) is 2. The fourth-order valence-corrected chi connectivity index (χ4v) is 1.33. The first-order valence-corrected chi connectivity index (χ1v) is 4.79. The van der Waals surface area contributed by atoms with Crippen LogP contribution in [0.3, 0.4) is 0 Å². The quantitative estimate of drug-likeness (QED) is 0.556. The zero-order chi connectivity index (χ0) is 10.7. The normalized spacial score (nSPS) is 9.93. The summed E-state index contributed by atoms with van der Waals surface area (Å²) in [5.74, 6) is 0. The molecule has 76 valence electrons. The fraction of sp³-hybridized carbons (Fsp3) is 0.333. The molecular weight excluding hydrogens is 172 g/mol. The van der Waals surface area contributed by atoms with Gasteiger partial charge in [0.25, 0.3) is 0 Å². The number of benzene rings is 1. The van der Waals surface area contributed by atoms with Gasteiger partial charge in [0.15, 0.2) is 0 Å². The first-order valence-electron chi connectivity index (χ1n) is 4.79. The van der Waals surface area contributed by atoms with Gasteiger partial charge in [0.05, 0.1) is 0 Å². The van der Waals surface area contributed by atoms with Gasteiger partial charge in [0.2, 0.25) is 0 Å². The number of allylic oxidation sites excluding steroid dienone is 2. The third kappa shape index (κ3) is 2.28. The van der Waals surface area contributed by atoms with E-state index in [1.165, 1.54) is 5.57 Å². The largest absolute Gasteiger partial charge is 0.398 e. The van der Waals surface area contributed by atoms with Gasteiger partial charge >= 0.3 is 0 Å². The van der Waals surface area contributed by atoms with E-state index in [0.29, 0.717) is 0 Å². The van der Waals surface area contributed by atoms with E-state index >= 15 is 0 Å². The molecule has 1 rings (SSSR count). The van der Waals surface area contributed by atoms with Crippen molar-refractivity contribution in [1.29, 1.82) is 0 Å². The van der Waals surface area contributed by atoms with Crippen molar-refractivity contribution in [2.24, 2.45) is 0 Å². The van der Waals surface area contributed by atoms with Crippen LogP contribution in [0.4, 0.5) is 11.4 Å². The van der Waals surface area contributed by atoms with Crippen LogP contribution in [0.2, 0.25) is 0 Å². The van der Waals surface area contributed by atoms with E-state index in [-0.39, 0.29) is 0 Å². The van der Waals surface area contributed by atoms with E-state index < -0.39 is 0 Å². The van der Waals surface area contributed by atoms with E-state index in [9.17, 15) is 0 Å². The average molecular weight is 190 g/mol. The SMILES string of the molecule is CC(C)=CCc1c(N)ccc(C)c1N. The molecule has 1 aromatic rings. The van der Waals surface area contributed by atoms with Crippen LogP contribution >= 0.6 is 0 Å². The van der Waals surface area contributed by atoms with Crippen molar-refractivity contribution in [3.8, 4) is 0 Å². The van der Waals surface area contributed by atoms with Gasteiger partial charge in [-0.05, 0) is 38.8 Å². The minimum atomic E-state index is 0.783. The maximum atomic E-state index is 5.96. The summed E-state index contributed by atoms with van der Waals surface area (Å²) in [4.78, 5) is 0. The Morgan fingerprint density at radius 1 is 1.29 bits per heavy atom. The number of anilines is 2. The minimum Gasteiger partial charge on any atom is -0.398 e. The van der Waals surface area contributed by atoms with Gasteiger partial charge < -0.3 is 11.5 Å². The molecule has 0 aliphatic heterocycles. The summed E-state index contributed by atoms with van der Waals surface area (Å²) in [5, 5.41) is 0. The van der Waals surface area contributed by atoms with Crippen molar-refractivity contribution in [2.45, 2.75) is 27.2 Å². The molecule has 2 nitrogen and oxygen atoms in total. The smallest absolute Gasteiger partial charge is 0.0400 e. The molecule has 0 bridgehead atoms. The summed E-state index contributed by atoms with van der Waals surface area (Å²) in [6, 6.07) is 3.87. The molecular formula is C12H18N2. The lowest BCUT2D eigenvalue weighted by atomic mass is 10.0. The molecule has 0 heterocycles. The fourth-order valence-electron chi connectivity index (χ4n) is 1.33. The Morgan fingerprint density at radius 2 is 1.93 bits per heavy atom. The molecule has 2 heteroatoms. The zero-order valence-electron chi connectivity index (χ0n) is 9.09. The number of rotatable bonds is 2. The van der Waals surface area contributed by atoms with Crippen molar-refractivity contribution >= 4 is 11.4 Å². The van der Waals surface area contributed by atoms with Crippen LogP contribution in [0.5, 0.6) is 0 Å². The standard InChI is InChI=1S/C12H18N2/c1-8(2)4-6-10-11(13)7-5-9(3)12(10)14/h4-5,7H,6,13-14H2,1-3H3.